The lowest BCUT2D eigenvalue weighted by Gasteiger charge is -2.18. The number of nitrogens with zero attached hydrogens (tertiary/aromatic N) is 4. The zero-order valence-corrected chi connectivity index (χ0v) is 16.3. The van der Waals surface area contributed by atoms with Crippen LogP contribution in [0.5, 0.6) is 0 Å². The molecule has 3 rings (SSSR count). The van der Waals surface area contributed by atoms with E-state index >= 15 is 0 Å². The highest BCUT2D eigenvalue weighted by Gasteiger charge is 2.10. The summed E-state index contributed by atoms with van der Waals surface area (Å²) in [5.41, 5.74) is 5.20. The van der Waals surface area contributed by atoms with E-state index in [2.05, 4.69) is 72.4 Å². The smallest absolute Gasteiger partial charge is 0.158 e. The van der Waals surface area contributed by atoms with Crippen molar-refractivity contribution < 1.29 is 0 Å². The van der Waals surface area contributed by atoms with Crippen molar-refractivity contribution in [2.24, 2.45) is 0 Å². The number of nitrogens with one attached hydrogen (secondary N) is 1. The monoisotopic (exact) mass is 351 g/mol. The number of fused-ring (bicyclic) bond motifs is 1. The average Bonchev–Trinajstić information content (AvgIpc) is 3.06. The Morgan fingerprint density at radius 1 is 1.08 bits per heavy atom. The van der Waals surface area contributed by atoms with Crippen molar-refractivity contribution in [1.82, 2.24) is 19.5 Å². The Kier molecular flexibility index (Phi) is 5.89. The van der Waals surface area contributed by atoms with E-state index in [9.17, 15) is 0 Å². The maximum absolute atomic E-state index is 4.79. The third-order valence-electron chi connectivity index (χ3n) is 4.72. The van der Waals surface area contributed by atoms with Crippen LogP contribution in [0, 0.1) is 13.8 Å². The van der Waals surface area contributed by atoms with Gasteiger partial charge in [0.05, 0.1) is 5.69 Å². The highest BCUT2D eigenvalue weighted by Crippen LogP contribution is 2.22. The Morgan fingerprint density at radius 3 is 2.62 bits per heavy atom. The second kappa shape index (κ2) is 8.32. The normalized spacial score (nSPS) is 11.4. The lowest BCUT2D eigenvalue weighted by atomic mass is 10.1. The van der Waals surface area contributed by atoms with E-state index in [4.69, 9.17) is 5.10 Å². The lowest BCUT2D eigenvalue weighted by Crippen LogP contribution is -2.25. The Hall–Kier alpha value is -2.40. The summed E-state index contributed by atoms with van der Waals surface area (Å²) in [5.74, 6) is 1.01. The minimum absolute atomic E-state index is 0.882. The quantitative estimate of drug-likeness (QED) is 0.619. The van der Waals surface area contributed by atoms with Crippen molar-refractivity contribution in [3.63, 3.8) is 0 Å². The van der Waals surface area contributed by atoms with Crippen LogP contribution < -0.4 is 5.32 Å². The van der Waals surface area contributed by atoms with Gasteiger partial charge in [-0.2, -0.15) is 9.61 Å². The zero-order chi connectivity index (χ0) is 18.5. The topological polar surface area (TPSA) is 45.5 Å². The molecule has 138 valence electrons. The van der Waals surface area contributed by atoms with Gasteiger partial charge in [-0.15, -0.1) is 0 Å². The molecule has 5 nitrogen and oxygen atoms in total. The zero-order valence-electron chi connectivity index (χ0n) is 16.3. The molecule has 5 heteroatoms. The molecule has 1 N–H and O–H groups in total. The van der Waals surface area contributed by atoms with Gasteiger partial charge in [0.1, 0.15) is 5.82 Å². The standard InChI is InChI=1S/C21H29N5/c1-5-25(6-2)12-8-11-22-20-14-17(4)23-21-15-19(24-26(20)21)18-10-7-9-16(3)13-18/h7,9-10,13-15,22H,5-6,8,11-12H2,1-4H3. The molecule has 0 aliphatic rings. The van der Waals surface area contributed by atoms with Gasteiger partial charge >= 0.3 is 0 Å². The number of hydrogen-bond acceptors (Lipinski definition) is 4. The van der Waals surface area contributed by atoms with Gasteiger partial charge < -0.3 is 10.2 Å². The molecule has 0 aliphatic carbocycles. The molecule has 0 aliphatic heterocycles. The van der Waals surface area contributed by atoms with Crippen LogP contribution >= 0.6 is 0 Å². The maximum atomic E-state index is 4.79. The van der Waals surface area contributed by atoms with Gasteiger partial charge in [-0.05, 0) is 46.0 Å². The van der Waals surface area contributed by atoms with E-state index in [1.165, 1.54) is 5.56 Å². The summed E-state index contributed by atoms with van der Waals surface area (Å²) in [4.78, 5) is 7.08. The van der Waals surface area contributed by atoms with E-state index in [0.717, 1.165) is 61.0 Å². The average molecular weight is 351 g/mol. The molecular formula is C21H29N5. The molecule has 3 aromatic rings. The van der Waals surface area contributed by atoms with Crippen LogP contribution in [0.3, 0.4) is 0 Å². The minimum Gasteiger partial charge on any atom is -0.370 e. The predicted molar refractivity (Wildman–Crippen MR) is 109 cm³/mol. The van der Waals surface area contributed by atoms with E-state index in [-0.39, 0.29) is 0 Å². The van der Waals surface area contributed by atoms with Crippen molar-refractivity contribution in [3.8, 4) is 11.3 Å². The van der Waals surface area contributed by atoms with Gasteiger partial charge in [0.15, 0.2) is 5.65 Å². The third kappa shape index (κ3) is 4.22. The first-order valence-electron chi connectivity index (χ1n) is 9.51. The first kappa shape index (κ1) is 18.4. The molecular weight excluding hydrogens is 322 g/mol. The summed E-state index contributed by atoms with van der Waals surface area (Å²) in [5, 5.41) is 8.33. The van der Waals surface area contributed by atoms with Crippen LogP contribution in [0.4, 0.5) is 5.82 Å². The number of rotatable bonds is 8. The molecule has 2 aromatic heterocycles. The van der Waals surface area contributed by atoms with Gasteiger partial charge in [-0.1, -0.05) is 37.6 Å². The van der Waals surface area contributed by atoms with Crippen molar-refractivity contribution in [2.45, 2.75) is 34.1 Å². The summed E-state index contributed by atoms with van der Waals surface area (Å²) < 4.78 is 1.92. The largest absolute Gasteiger partial charge is 0.370 e. The van der Waals surface area contributed by atoms with Gasteiger partial charge in [-0.25, -0.2) is 4.98 Å². The number of aromatic nitrogens is 3. The van der Waals surface area contributed by atoms with Crippen molar-refractivity contribution in [3.05, 3.63) is 47.7 Å². The third-order valence-corrected chi connectivity index (χ3v) is 4.72. The molecule has 0 fully saturated rings. The summed E-state index contributed by atoms with van der Waals surface area (Å²) in [7, 11) is 0. The predicted octanol–water partition coefficient (Wildman–Crippen LogP) is 4.16. The van der Waals surface area contributed by atoms with Crippen LogP contribution in [0.15, 0.2) is 36.4 Å². The summed E-state index contributed by atoms with van der Waals surface area (Å²) in [6, 6.07) is 12.6. The lowest BCUT2D eigenvalue weighted by molar-refractivity contribution is 0.303. The first-order chi connectivity index (χ1) is 12.6. The SMILES string of the molecule is CCN(CC)CCCNc1cc(C)nc2cc(-c3cccc(C)c3)nn12. The van der Waals surface area contributed by atoms with Crippen LogP contribution in [0.2, 0.25) is 0 Å². The number of anilines is 1. The minimum atomic E-state index is 0.882. The van der Waals surface area contributed by atoms with Gasteiger partial charge in [0, 0.05) is 29.9 Å². The van der Waals surface area contributed by atoms with Gasteiger partial charge in [-0.3, -0.25) is 0 Å². The number of hydrogen-bond donors (Lipinski definition) is 1. The van der Waals surface area contributed by atoms with Crippen LogP contribution in [-0.4, -0.2) is 45.7 Å². The molecule has 2 heterocycles. The van der Waals surface area contributed by atoms with E-state index < -0.39 is 0 Å². The molecule has 0 saturated carbocycles. The molecule has 0 amide bonds. The molecule has 0 atom stereocenters. The highest BCUT2D eigenvalue weighted by atomic mass is 15.3. The van der Waals surface area contributed by atoms with Crippen molar-refractivity contribution >= 4 is 11.5 Å². The molecule has 0 bridgehead atoms. The Balaban J connectivity index is 1.79. The van der Waals surface area contributed by atoms with Crippen molar-refractivity contribution in [1.29, 1.82) is 0 Å². The fourth-order valence-electron chi connectivity index (χ4n) is 3.23. The second-order valence-corrected chi connectivity index (χ2v) is 6.76. The van der Waals surface area contributed by atoms with E-state index in [1.54, 1.807) is 0 Å². The summed E-state index contributed by atoms with van der Waals surface area (Å²) >= 11 is 0. The molecule has 1 aromatic carbocycles. The fourth-order valence-corrected chi connectivity index (χ4v) is 3.23. The fraction of sp³-hybridized carbons (Fsp3) is 0.429. The van der Waals surface area contributed by atoms with Gasteiger partial charge in [0.25, 0.3) is 0 Å². The van der Waals surface area contributed by atoms with Crippen LogP contribution in [-0.2, 0) is 0 Å². The van der Waals surface area contributed by atoms with Gasteiger partial charge in [0.2, 0.25) is 0 Å². The number of aryl methyl sites for hydroxylation is 2. The highest BCUT2D eigenvalue weighted by molar-refractivity contribution is 5.66. The summed E-state index contributed by atoms with van der Waals surface area (Å²) in [6.07, 6.45) is 1.11. The molecule has 0 radical (unpaired) electrons. The van der Waals surface area contributed by atoms with Crippen LogP contribution in [0.25, 0.3) is 16.9 Å². The Bertz CT molecular complexity index is 864. The maximum Gasteiger partial charge on any atom is 0.158 e. The number of benzene rings is 1. The molecule has 26 heavy (non-hydrogen) atoms. The molecule has 0 saturated heterocycles. The van der Waals surface area contributed by atoms with E-state index in [0.29, 0.717) is 0 Å². The van der Waals surface area contributed by atoms with E-state index in [1.807, 2.05) is 11.4 Å². The molecule has 0 unspecified atom stereocenters. The summed E-state index contributed by atoms with van der Waals surface area (Å²) in [6.45, 7) is 12.8. The van der Waals surface area contributed by atoms with Crippen LogP contribution in [0.1, 0.15) is 31.5 Å². The first-order valence-corrected chi connectivity index (χ1v) is 9.51. The molecule has 0 spiro atoms. The van der Waals surface area contributed by atoms with Crippen molar-refractivity contribution in [2.75, 3.05) is 31.5 Å². The Morgan fingerprint density at radius 2 is 1.88 bits per heavy atom. The second-order valence-electron chi connectivity index (χ2n) is 6.76. The Labute approximate surface area is 156 Å².